The van der Waals surface area contributed by atoms with Gasteiger partial charge in [0, 0.05) is 44.0 Å². The van der Waals surface area contributed by atoms with Crippen molar-refractivity contribution in [3.8, 4) is 22.3 Å². The van der Waals surface area contributed by atoms with Crippen LogP contribution in [-0.2, 0) is 25.7 Å². The number of fused-ring (bicyclic) bond motifs is 9. The first-order chi connectivity index (χ1) is 37.2. The Bertz CT molecular complexity index is 4090. The fourth-order valence-electron chi connectivity index (χ4n) is 13.0. The lowest BCUT2D eigenvalue weighted by Gasteiger charge is -2.32. The second-order valence-corrected chi connectivity index (χ2v) is 20.9. The van der Waals surface area contributed by atoms with Crippen LogP contribution in [0.15, 0.2) is 235 Å². The van der Waals surface area contributed by atoms with E-state index in [9.17, 15) is 0 Å². The lowest BCUT2D eigenvalue weighted by molar-refractivity contribution is 0.670. The van der Waals surface area contributed by atoms with E-state index in [1.807, 2.05) is 0 Å². The number of hydrogen-bond donors (Lipinski definition) is 0. The maximum absolute atomic E-state index is 6.97. The zero-order valence-electron chi connectivity index (χ0n) is 41.9. The predicted octanol–water partition coefficient (Wildman–Crippen LogP) is 20.2. The molecule has 1 heterocycles. The van der Waals surface area contributed by atoms with E-state index in [1.165, 1.54) is 114 Å². The fraction of sp³-hybridized carbons (Fsp3) is 0.111. The molecule has 2 aliphatic rings. The molecule has 75 heavy (non-hydrogen) atoms. The van der Waals surface area contributed by atoms with Crippen molar-refractivity contribution in [2.45, 2.75) is 51.4 Å². The molecule has 12 aromatic carbocycles. The molecule has 2 aliphatic carbocycles. The highest BCUT2D eigenvalue weighted by Gasteiger charge is 2.27. The van der Waals surface area contributed by atoms with Crippen molar-refractivity contribution >= 4 is 99.2 Å². The summed E-state index contributed by atoms with van der Waals surface area (Å²) in [5.74, 6) is 0. The summed E-state index contributed by atoms with van der Waals surface area (Å²) in [5, 5.41) is 11.8. The van der Waals surface area contributed by atoms with Crippen LogP contribution in [-0.4, -0.2) is 0 Å². The van der Waals surface area contributed by atoms with Crippen molar-refractivity contribution in [3.63, 3.8) is 0 Å². The zero-order valence-corrected chi connectivity index (χ0v) is 41.9. The number of nitrogens with zero attached hydrogens (tertiary/aromatic N) is 2. The molecule has 0 amide bonds. The van der Waals surface area contributed by atoms with Crippen LogP contribution in [0.2, 0.25) is 0 Å². The van der Waals surface area contributed by atoms with E-state index < -0.39 is 0 Å². The highest BCUT2D eigenvalue weighted by Crippen LogP contribution is 2.50. The molecule has 358 valence electrons. The van der Waals surface area contributed by atoms with Gasteiger partial charge < -0.3 is 14.2 Å². The first-order valence-electron chi connectivity index (χ1n) is 27.0. The highest BCUT2D eigenvalue weighted by atomic mass is 16.3. The quantitative estimate of drug-likeness (QED) is 0.151. The molecular formula is C72H54N2O. The average Bonchev–Trinajstić information content (AvgIpc) is 3.82. The number of anilines is 6. The van der Waals surface area contributed by atoms with Crippen LogP contribution in [0.5, 0.6) is 0 Å². The summed E-state index contributed by atoms with van der Waals surface area (Å²) in [7, 11) is 0. The van der Waals surface area contributed by atoms with Crippen molar-refractivity contribution in [1.82, 2.24) is 0 Å². The zero-order chi connectivity index (χ0) is 49.4. The van der Waals surface area contributed by atoms with Crippen LogP contribution >= 0.6 is 0 Å². The Morgan fingerprint density at radius 2 is 0.707 bits per heavy atom. The third kappa shape index (κ3) is 7.40. The van der Waals surface area contributed by atoms with Crippen molar-refractivity contribution in [1.29, 1.82) is 0 Å². The largest absolute Gasteiger partial charge is 0.456 e. The molecule has 3 heteroatoms. The molecule has 15 rings (SSSR count). The molecule has 0 atom stereocenters. The summed E-state index contributed by atoms with van der Waals surface area (Å²) in [6, 6.07) is 85.9. The molecule has 0 bridgehead atoms. The monoisotopic (exact) mass is 962 g/mol. The van der Waals surface area contributed by atoms with Gasteiger partial charge in [-0.1, -0.05) is 158 Å². The Balaban J connectivity index is 0.891. The summed E-state index contributed by atoms with van der Waals surface area (Å²) in [4.78, 5) is 5.03. The van der Waals surface area contributed by atoms with E-state index in [0.29, 0.717) is 0 Å². The Morgan fingerprint density at radius 1 is 0.280 bits per heavy atom. The third-order valence-electron chi connectivity index (χ3n) is 16.5. The topological polar surface area (TPSA) is 19.6 Å². The van der Waals surface area contributed by atoms with Gasteiger partial charge in [0.15, 0.2) is 0 Å². The van der Waals surface area contributed by atoms with Gasteiger partial charge in [0.2, 0.25) is 0 Å². The van der Waals surface area contributed by atoms with Gasteiger partial charge >= 0.3 is 0 Å². The van der Waals surface area contributed by atoms with E-state index in [-0.39, 0.29) is 0 Å². The van der Waals surface area contributed by atoms with E-state index in [2.05, 4.69) is 240 Å². The maximum Gasteiger partial charge on any atom is 0.136 e. The van der Waals surface area contributed by atoms with Crippen LogP contribution < -0.4 is 9.80 Å². The molecule has 0 aliphatic heterocycles. The van der Waals surface area contributed by atoms with E-state index in [1.54, 1.807) is 0 Å². The van der Waals surface area contributed by atoms with Gasteiger partial charge in [-0.25, -0.2) is 0 Å². The second-order valence-electron chi connectivity index (χ2n) is 20.9. The summed E-state index contributed by atoms with van der Waals surface area (Å²) in [6.45, 7) is 0. The van der Waals surface area contributed by atoms with Gasteiger partial charge in [0.05, 0.1) is 22.7 Å². The molecule has 13 aromatic rings. The molecule has 0 N–H and O–H groups in total. The maximum atomic E-state index is 6.97. The lowest BCUT2D eigenvalue weighted by atomic mass is 9.84. The number of rotatable bonds is 8. The van der Waals surface area contributed by atoms with Gasteiger partial charge in [-0.05, 0) is 190 Å². The Labute approximate surface area is 437 Å². The normalized spacial score (nSPS) is 13.4. The van der Waals surface area contributed by atoms with Crippen molar-refractivity contribution in [3.05, 3.63) is 253 Å². The molecular weight excluding hydrogens is 909 g/mol. The number of furan rings is 1. The van der Waals surface area contributed by atoms with Crippen molar-refractivity contribution < 1.29 is 4.42 Å². The minimum absolute atomic E-state index is 0.889. The minimum atomic E-state index is 0.889. The first-order valence-corrected chi connectivity index (χ1v) is 27.0. The number of hydrogen-bond acceptors (Lipinski definition) is 3. The fourth-order valence-corrected chi connectivity index (χ4v) is 13.0. The van der Waals surface area contributed by atoms with Crippen LogP contribution in [0.3, 0.4) is 0 Å². The molecule has 0 unspecified atom stereocenters. The minimum Gasteiger partial charge on any atom is -0.456 e. The van der Waals surface area contributed by atoms with Crippen LogP contribution in [0.1, 0.15) is 47.9 Å². The first kappa shape index (κ1) is 43.6. The van der Waals surface area contributed by atoms with Gasteiger partial charge in [0.1, 0.15) is 11.2 Å². The second kappa shape index (κ2) is 17.9. The molecule has 0 saturated heterocycles. The Morgan fingerprint density at radius 3 is 1.19 bits per heavy atom. The van der Waals surface area contributed by atoms with Crippen LogP contribution in [0, 0.1) is 0 Å². The molecule has 0 fully saturated rings. The summed E-state index contributed by atoms with van der Waals surface area (Å²) >= 11 is 0. The van der Waals surface area contributed by atoms with Crippen molar-refractivity contribution in [2.24, 2.45) is 0 Å². The Kier molecular flexibility index (Phi) is 10.4. The SMILES string of the molecule is c1ccc(-c2c(N(c3ccc4cc5c(cc4c3)oc3cc4cc(N(c6ccc7c(c6-c6ccccc6)CCCC7)c6cccc7ccccc67)ccc4cc35)c3cccc4ccccc34)ccc3c2CCCC3)cc1. The molecule has 1 aromatic heterocycles. The predicted molar refractivity (Wildman–Crippen MR) is 317 cm³/mol. The van der Waals surface area contributed by atoms with Gasteiger partial charge in [-0.2, -0.15) is 0 Å². The molecule has 0 saturated carbocycles. The molecule has 0 radical (unpaired) electrons. The van der Waals surface area contributed by atoms with E-state index in [0.717, 1.165) is 81.1 Å². The molecule has 0 spiro atoms. The average molecular weight is 963 g/mol. The Hall–Kier alpha value is -8.92. The molecule has 3 nitrogen and oxygen atoms in total. The van der Waals surface area contributed by atoms with Crippen LogP contribution in [0.25, 0.3) is 87.3 Å². The van der Waals surface area contributed by atoms with Crippen molar-refractivity contribution in [2.75, 3.05) is 9.80 Å². The number of benzene rings is 12. The summed E-state index contributed by atoms with van der Waals surface area (Å²) in [5.41, 5.74) is 19.9. The standard InChI is InChI=1S/C72H54N2O/c1-3-21-51(22-4-1)71-61-29-13-9-19-49(61)35-39-67(71)73(65-31-15-25-47-17-7-11-27-59(47)65)57-37-33-53-43-63-64-44-54-34-38-58(42-56(54)46-70(64)75-69(63)45-55(53)41-57)74(66-32-16-26-48-18-8-12-28-60(48)66)68-40-36-50-20-10-14-30-62(50)72(68)52-23-5-2-6-24-52/h1-8,11-12,15-18,21-28,31-46H,9-10,13-14,19-20,29-30H2. The van der Waals surface area contributed by atoms with Gasteiger partial charge in [-0.15, -0.1) is 0 Å². The summed E-state index contributed by atoms with van der Waals surface area (Å²) < 4.78 is 6.97. The van der Waals surface area contributed by atoms with Gasteiger partial charge in [0.25, 0.3) is 0 Å². The number of aryl methyl sites for hydroxylation is 2. The lowest BCUT2D eigenvalue weighted by Crippen LogP contribution is -2.14. The summed E-state index contributed by atoms with van der Waals surface area (Å²) in [6.07, 6.45) is 9.31. The van der Waals surface area contributed by atoms with Crippen LogP contribution in [0.4, 0.5) is 34.1 Å². The third-order valence-corrected chi connectivity index (χ3v) is 16.5. The van der Waals surface area contributed by atoms with Gasteiger partial charge in [-0.3, -0.25) is 0 Å². The van der Waals surface area contributed by atoms with E-state index in [4.69, 9.17) is 4.42 Å². The highest BCUT2D eigenvalue weighted by molar-refractivity contribution is 6.15. The smallest absolute Gasteiger partial charge is 0.136 e. The van der Waals surface area contributed by atoms with E-state index >= 15 is 0 Å².